The number of nitrogens with zero attached hydrogens (tertiary/aromatic N) is 1. The zero-order valence-corrected chi connectivity index (χ0v) is 14.7. The molecule has 1 amide bonds. The van der Waals surface area contributed by atoms with Crippen molar-refractivity contribution in [3.63, 3.8) is 0 Å². The highest BCUT2D eigenvalue weighted by Crippen LogP contribution is 2.25. The number of amides is 1. The Kier molecular flexibility index (Phi) is 5.17. The number of hydrogen-bond acceptors (Lipinski definition) is 4. The van der Waals surface area contributed by atoms with Crippen molar-refractivity contribution in [2.45, 2.75) is 13.8 Å². The van der Waals surface area contributed by atoms with Crippen LogP contribution in [0.5, 0.6) is 11.5 Å². The highest BCUT2D eigenvalue weighted by atomic mass is 16.5. The van der Waals surface area contributed by atoms with Gasteiger partial charge in [0.25, 0.3) is 5.91 Å². The van der Waals surface area contributed by atoms with Gasteiger partial charge < -0.3 is 9.84 Å². The molecule has 2 N–H and O–H groups in total. The Hall–Kier alpha value is -3.34. The molecule has 132 valence electrons. The first-order valence-electron chi connectivity index (χ1n) is 8.27. The predicted octanol–water partition coefficient (Wildman–Crippen LogP) is 3.69. The number of phenolic OH excluding ortho intramolecular Hbond substituents is 1. The number of ether oxygens (including phenoxy) is 1. The minimum atomic E-state index is -0.376. The summed E-state index contributed by atoms with van der Waals surface area (Å²) in [6.45, 7) is 3.87. The van der Waals surface area contributed by atoms with E-state index in [1.807, 2.05) is 62.4 Å². The normalized spacial score (nSPS) is 11.0. The summed E-state index contributed by atoms with van der Waals surface area (Å²) in [7, 11) is 0. The van der Waals surface area contributed by atoms with Crippen LogP contribution in [0.4, 0.5) is 0 Å². The Labute approximate surface area is 151 Å². The third-order valence-corrected chi connectivity index (χ3v) is 4.18. The number of rotatable bonds is 5. The Morgan fingerprint density at radius 2 is 1.92 bits per heavy atom. The standard InChI is InChI=1S/C21H20N2O3/c1-14-7-9-17(11-15(14)2)26-13-21(25)23-22-12-19-18-6-4-3-5-16(18)8-10-20(19)24/h3-12,24H,13H2,1-2H3,(H,23,25). The van der Waals surface area contributed by atoms with Crippen LogP contribution in [0.1, 0.15) is 16.7 Å². The summed E-state index contributed by atoms with van der Waals surface area (Å²) >= 11 is 0. The molecule has 5 nitrogen and oxygen atoms in total. The number of phenols is 1. The van der Waals surface area contributed by atoms with Gasteiger partial charge in [0.2, 0.25) is 0 Å². The van der Waals surface area contributed by atoms with Crippen LogP contribution in [0, 0.1) is 13.8 Å². The van der Waals surface area contributed by atoms with Crippen LogP contribution in [0.3, 0.4) is 0 Å². The van der Waals surface area contributed by atoms with E-state index >= 15 is 0 Å². The third kappa shape index (κ3) is 4.00. The lowest BCUT2D eigenvalue weighted by molar-refractivity contribution is -0.123. The molecule has 0 spiro atoms. The molecule has 0 radical (unpaired) electrons. The molecule has 3 rings (SSSR count). The lowest BCUT2D eigenvalue weighted by Crippen LogP contribution is -2.24. The molecule has 0 unspecified atom stereocenters. The summed E-state index contributed by atoms with van der Waals surface area (Å²) in [6, 6.07) is 16.7. The van der Waals surface area contributed by atoms with E-state index in [1.165, 1.54) is 11.8 Å². The second-order valence-corrected chi connectivity index (χ2v) is 6.05. The smallest absolute Gasteiger partial charge is 0.277 e. The highest BCUT2D eigenvalue weighted by Gasteiger charge is 2.05. The molecule has 0 heterocycles. The van der Waals surface area contributed by atoms with E-state index in [0.717, 1.165) is 16.3 Å². The van der Waals surface area contributed by atoms with E-state index in [0.29, 0.717) is 11.3 Å². The second kappa shape index (κ2) is 7.70. The molecular formula is C21H20N2O3. The molecule has 3 aromatic rings. The number of aromatic hydroxyl groups is 1. The molecule has 26 heavy (non-hydrogen) atoms. The summed E-state index contributed by atoms with van der Waals surface area (Å²) < 4.78 is 5.47. The van der Waals surface area contributed by atoms with E-state index in [2.05, 4.69) is 10.5 Å². The topological polar surface area (TPSA) is 70.9 Å². The SMILES string of the molecule is Cc1ccc(OCC(=O)NN=Cc2c(O)ccc3ccccc23)cc1C. The average molecular weight is 348 g/mol. The number of hydrazone groups is 1. The van der Waals surface area contributed by atoms with Gasteiger partial charge in [0.1, 0.15) is 11.5 Å². The number of carbonyl (C=O) groups excluding carboxylic acids is 1. The van der Waals surface area contributed by atoms with Gasteiger partial charge in [-0.15, -0.1) is 0 Å². The van der Waals surface area contributed by atoms with Crippen molar-refractivity contribution < 1.29 is 14.6 Å². The molecule has 5 heteroatoms. The first-order valence-corrected chi connectivity index (χ1v) is 8.27. The number of benzene rings is 3. The fourth-order valence-electron chi connectivity index (χ4n) is 2.57. The number of hydrogen-bond donors (Lipinski definition) is 2. The first-order chi connectivity index (χ1) is 12.5. The largest absolute Gasteiger partial charge is 0.507 e. The van der Waals surface area contributed by atoms with Gasteiger partial charge in [0.05, 0.1) is 6.21 Å². The minimum absolute atomic E-state index is 0.105. The van der Waals surface area contributed by atoms with Crippen LogP contribution in [0.25, 0.3) is 10.8 Å². The van der Waals surface area contributed by atoms with Crippen molar-refractivity contribution >= 4 is 22.9 Å². The maximum atomic E-state index is 11.9. The molecule has 0 aliphatic carbocycles. The summed E-state index contributed by atoms with van der Waals surface area (Å²) in [6.07, 6.45) is 1.44. The van der Waals surface area contributed by atoms with E-state index < -0.39 is 0 Å². The van der Waals surface area contributed by atoms with Crippen LogP contribution in [-0.4, -0.2) is 23.8 Å². The van der Waals surface area contributed by atoms with Crippen molar-refractivity contribution in [2.24, 2.45) is 5.10 Å². The molecule has 0 aliphatic heterocycles. The van der Waals surface area contributed by atoms with Crippen molar-refractivity contribution in [3.05, 3.63) is 71.3 Å². The van der Waals surface area contributed by atoms with Crippen LogP contribution in [-0.2, 0) is 4.79 Å². The fraction of sp³-hybridized carbons (Fsp3) is 0.143. The minimum Gasteiger partial charge on any atom is -0.507 e. The third-order valence-electron chi connectivity index (χ3n) is 4.18. The molecule has 0 aromatic heterocycles. The van der Waals surface area contributed by atoms with Gasteiger partial charge in [-0.25, -0.2) is 5.43 Å². The van der Waals surface area contributed by atoms with Gasteiger partial charge in [-0.2, -0.15) is 5.10 Å². The van der Waals surface area contributed by atoms with Crippen molar-refractivity contribution in [1.82, 2.24) is 5.43 Å². The van der Waals surface area contributed by atoms with Gasteiger partial charge in [0.15, 0.2) is 6.61 Å². The fourth-order valence-corrected chi connectivity index (χ4v) is 2.57. The van der Waals surface area contributed by atoms with E-state index in [9.17, 15) is 9.90 Å². The summed E-state index contributed by atoms with van der Waals surface area (Å²) in [5.41, 5.74) is 5.24. The van der Waals surface area contributed by atoms with Gasteiger partial charge >= 0.3 is 0 Å². The first kappa shape index (κ1) is 17.5. The van der Waals surface area contributed by atoms with Crippen molar-refractivity contribution in [2.75, 3.05) is 6.61 Å². The van der Waals surface area contributed by atoms with Gasteiger partial charge in [-0.1, -0.05) is 36.4 Å². The second-order valence-electron chi connectivity index (χ2n) is 6.05. The molecule has 0 atom stereocenters. The van der Waals surface area contributed by atoms with Gasteiger partial charge in [-0.3, -0.25) is 4.79 Å². The van der Waals surface area contributed by atoms with Crippen molar-refractivity contribution in [3.8, 4) is 11.5 Å². The Balaban J connectivity index is 1.62. The summed E-state index contributed by atoms with van der Waals surface area (Å²) in [5.74, 6) is 0.367. The number of aryl methyl sites for hydroxylation is 2. The Morgan fingerprint density at radius 1 is 1.12 bits per heavy atom. The zero-order chi connectivity index (χ0) is 18.5. The zero-order valence-electron chi connectivity index (χ0n) is 14.7. The van der Waals surface area contributed by atoms with Crippen LogP contribution >= 0.6 is 0 Å². The highest BCUT2D eigenvalue weighted by molar-refractivity contribution is 6.02. The molecular weight excluding hydrogens is 328 g/mol. The maximum Gasteiger partial charge on any atom is 0.277 e. The van der Waals surface area contributed by atoms with E-state index in [4.69, 9.17) is 4.74 Å². The number of carbonyl (C=O) groups is 1. The number of fused-ring (bicyclic) bond motifs is 1. The summed E-state index contributed by atoms with van der Waals surface area (Å²) in [5, 5.41) is 15.8. The van der Waals surface area contributed by atoms with Gasteiger partial charge in [-0.05, 0) is 53.9 Å². The molecule has 3 aromatic carbocycles. The van der Waals surface area contributed by atoms with Crippen LogP contribution in [0.2, 0.25) is 0 Å². The molecule has 0 bridgehead atoms. The molecule has 0 aliphatic rings. The average Bonchev–Trinajstić information content (AvgIpc) is 2.64. The lowest BCUT2D eigenvalue weighted by atomic mass is 10.0. The Morgan fingerprint density at radius 3 is 2.73 bits per heavy atom. The molecule has 0 saturated carbocycles. The Bertz CT molecular complexity index is 980. The van der Waals surface area contributed by atoms with E-state index in [-0.39, 0.29) is 18.3 Å². The van der Waals surface area contributed by atoms with Crippen LogP contribution in [0.15, 0.2) is 59.7 Å². The van der Waals surface area contributed by atoms with Crippen LogP contribution < -0.4 is 10.2 Å². The monoisotopic (exact) mass is 348 g/mol. The van der Waals surface area contributed by atoms with E-state index in [1.54, 1.807) is 6.07 Å². The molecule has 0 saturated heterocycles. The molecule has 0 fully saturated rings. The number of nitrogens with one attached hydrogen (secondary N) is 1. The van der Waals surface area contributed by atoms with Crippen molar-refractivity contribution in [1.29, 1.82) is 0 Å². The van der Waals surface area contributed by atoms with Gasteiger partial charge in [0, 0.05) is 5.56 Å². The summed E-state index contributed by atoms with van der Waals surface area (Å²) in [4.78, 5) is 11.9. The lowest BCUT2D eigenvalue weighted by Gasteiger charge is -2.07. The quantitative estimate of drug-likeness (QED) is 0.546. The maximum absolute atomic E-state index is 11.9. The predicted molar refractivity (Wildman–Crippen MR) is 103 cm³/mol.